The van der Waals surface area contributed by atoms with Gasteiger partial charge in [-0.15, -0.1) is 0 Å². The molecule has 1 aromatic heterocycles. The lowest BCUT2D eigenvalue weighted by Gasteiger charge is -2.43. The van der Waals surface area contributed by atoms with Crippen LogP contribution < -0.4 is 5.76 Å². The third-order valence-electron chi connectivity index (χ3n) is 5.75. The predicted octanol–water partition coefficient (Wildman–Crippen LogP) is 1.85. The number of nitrogens with zero attached hydrogens (tertiary/aromatic N) is 3. The zero-order valence-corrected chi connectivity index (χ0v) is 16.2. The third-order valence-corrected chi connectivity index (χ3v) is 5.75. The number of hydrogen-bond donors (Lipinski definition) is 0. The second-order valence-electron chi connectivity index (χ2n) is 7.84. The average molecular weight is 373 g/mol. The molecule has 2 fully saturated rings. The van der Waals surface area contributed by atoms with E-state index in [0.717, 1.165) is 39.0 Å². The number of ether oxygens (including phenoxy) is 1. The maximum Gasteiger partial charge on any atom is 0.419 e. The molecular formula is C20H27N3O4. The van der Waals surface area contributed by atoms with Crippen molar-refractivity contribution in [3.8, 4) is 0 Å². The van der Waals surface area contributed by atoms with Gasteiger partial charge in [-0.05, 0) is 44.9 Å². The Bertz CT molecular complexity index is 884. The van der Waals surface area contributed by atoms with Gasteiger partial charge in [-0.2, -0.15) is 0 Å². The molecule has 7 heteroatoms. The van der Waals surface area contributed by atoms with Crippen molar-refractivity contribution in [1.82, 2.24) is 14.4 Å². The summed E-state index contributed by atoms with van der Waals surface area (Å²) in [5.74, 6) is -0.392. The number of likely N-dealkylation sites (tertiary alicyclic amines) is 1. The second kappa shape index (κ2) is 7.13. The van der Waals surface area contributed by atoms with E-state index in [-0.39, 0.29) is 18.1 Å². The van der Waals surface area contributed by atoms with E-state index in [1.165, 1.54) is 4.57 Å². The van der Waals surface area contributed by atoms with Crippen LogP contribution in [0.3, 0.4) is 0 Å². The Morgan fingerprint density at radius 3 is 2.44 bits per heavy atom. The zero-order chi connectivity index (χ0) is 19.1. The number of benzene rings is 1. The number of aromatic nitrogens is 1. The van der Waals surface area contributed by atoms with Gasteiger partial charge >= 0.3 is 5.76 Å². The quantitative estimate of drug-likeness (QED) is 0.804. The summed E-state index contributed by atoms with van der Waals surface area (Å²) in [6.45, 7) is 7.70. The van der Waals surface area contributed by atoms with Crippen LogP contribution in [-0.2, 0) is 11.8 Å². The zero-order valence-electron chi connectivity index (χ0n) is 16.2. The Balaban J connectivity index is 1.43. The van der Waals surface area contributed by atoms with E-state index in [1.807, 2.05) is 4.90 Å². The number of piperidine rings is 1. The van der Waals surface area contributed by atoms with Crippen LogP contribution in [0, 0.1) is 0 Å². The van der Waals surface area contributed by atoms with Crippen LogP contribution in [0.1, 0.15) is 37.0 Å². The van der Waals surface area contributed by atoms with Gasteiger partial charge in [-0.3, -0.25) is 14.3 Å². The van der Waals surface area contributed by atoms with E-state index >= 15 is 0 Å². The Labute approximate surface area is 158 Å². The van der Waals surface area contributed by atoms with Gasteiger partial charge in [0.2, 0.25) is 0 Å². The summed E-state index contributed by atoms with van der Waals surface area (Å²) in [5.41, 5.74) is 1.76. The topological polar surface area (TPSA) is 67.9 Å². The molecule has 0 aliphatic carbocycles. The van der Waals surface area contributed by atoms with Gasteiger partial charge in [-0.1, -0.05) is 0 Å². The standard InChI is InChI=1S/C20H27N3O4/c1-13-11-23(12-14(2)26-13)16-6-8-22(9-7-16)19(24)15-4-5-18-17(10-15)21(3)20(25)27-18/h4-5,10,13-14,16H,6-9,11-12H2,1-3H3/t13-,14+. The summed E-state index contributed by atoms with van der Waals surface area (Å²) in [5, 5.41) is 0. The summed E-state index contributed by atoms with van der Waals surface area (Å²) in [7, 11) is 1.65. The van der Waals surface area contributed by atoms with Crippen molar-refractivity contribution in [2.45, 2.75) is 44.9 Å². The minimum atomic E-state index is -0.413. The van der Waals surface area contributed by atoms with Crippen molar-refractivity contribution in [1.29, 1.82) is 0 Å². The number of aryl methyl sites for hydroxylation is 1. The van der Waals surface area contributed by atoms with Crippen molar-refractivity contribution in [2.75, 3.05) is 26.2 Å². The van der Waals surface area contributed by atoms with E-state index in [4.69, 9.17) is 9.15 Å². The molecule has 0 saturated carbocycles. The number of amides is 1. The van der Waals surface area contributed by atoms with E-state index in [0.29, 0.717) is 22.7 Å². The molecule has 146 valence electrons. The lowest BCUT2D eigenvalue weighted by Crippen LogP contribution is -2.53. The lowest BCUT2D eigenvalue weighted by atomic mass is 10.0. The number of morpholine rings is 1. The molecule has 7 nitrogen and oxygen atoms in total. The van der Waals surface area contributed by atoms with E-state index in [9.17, 15) is 9.59 Å². The Kier molecular flexibility index (Phi) is 4.82. The first-order valence-corrected chi connectivity index (χ1v) is 9.70. The summed E-state index contributed by atoms with van der Waals surface area (Å²) in [6.07, 6.45) is 2.50. The van der Waals surface area contributed by atoms with Crippen LogP contribution in [0.4, 0.5) is 0 Å². The highest BCUT2D eigenvalue weighted by Gasteiger charge is 2.31. The predicted molar refractivity (Wildman–Crippen MR) is 102 cm³/mol. The van der Waals surface area contributed by atoms with Crippen LogP contribution >= 0.6 is 0 Å². The van der Waals surface area contributed by atoms with Gasteiger partial charge in [0, 0.05) is 44.8 Å². The molecule has 2 aromatic rings. The second-order valence-corrected chi connectivity index (χ2v) is 7.84. The van der Waals surface area contributed by atoms with E-state index < -0.39 is 5.76 Å². The maximum atomic E-state index is 12.9. The minimum absolute atomic E-state index is 0.0210. The number of rotatable bonds is 2. The Morgan fingerprint density at radius 1 is 1.11 bits per heavy atom. The largest absolute Gasteiger partial charge is 0.419 e. The molecular weight excluding hydrogens is 346 g/mol. The van der Waals surface area contributed by atoms with E-state index in [2.05, 4.69) is 18.7 Å². The first-order valence-electron chi connectivity index (χ1n) is 9.70. The van der Waals surface area contributed by atoms with Crippen LogP contribution in [-0.4, -0.2) is 64.7 Å². The van der Waals surface area contributed by atoms with Gasteiger partial charge in [0.25, 0.3) is 5.91 Å². The molecule has 2 aliphatic heterocycles. The fraction of sp³-hybridized carbons (Fsp3) is 0.600. The van der Waals surface area contributed by atoms with E-state index in [1.54, 1.807) is 25.2 Å². The molecule has 1 amide bonds. The molecule has 0 unspecified atom stereocenters. The first kappa shape index (κ1) is 18.3. The molecule has 2 saturated heterocycles. The van der Waals surface area contributed by atoms with Crippen LogP contribution in [0.25, 0.3) is 11.1 Å². The van der Waals surface area contributed by atoms with Crippen molar-refractivity contribution in [3.05, 3.63) is 34.3 Å². The van der Waals surface area contributed by atoms with Crippen LogP contribution in [0.15, 0.2) is 27.4 Å². The molecule has 27 heavy (non-hydrogen) atoms. The third kappa shape index (κ3) is 3.53. The summed E-state index contributed by atoms with van der Waals surface area (Å²) in [6, 6.07) is 5.71. The number of carbonyl (C=O) groups excluding carboxylic acids is 1. The van der Waals surface area contributed by atoms with Crippen molar-refractivity contribution < 1.29 is 13.9 Å². The number of carbonyl (C=O) groups is 1. The summed E-state index contributed by atoms with van der Waals surface area (Å²) >= 11 is 0. The van der Waals surface area contributed by atoms with Crippen LogP contribution in [0.5, 0.6) is 0 Å². The molecule has 0 bridgehead atoms. The van der Waals surface area contributed by atoms with Crippen molar-refractivity contribution in [2.24, 2.45) is 7.05 Å². The fourth-order valence-corrected chi connectivity index (χ4v) is 4.39. The SMILES string of the molecule is C[C@@H]1CN(C2CCN(C(=O)c3ccc4oc(=O)n(C)c4c3)CC2)C[C@H](C)O1. The van der Waals surface area contributed by atoms with Crippen LogP contribution in [0.2, 0.25) is 0 Å². The summed E-state index contributed by atoms with van der Waals surface area (Å²) in [4.78, 5) is 29.0. The van der Waals surface area contributed by atoms with Crippen molar-refractivity contribution >= 4 is 17.0 Å². The molecule has 2 aliphatic rings. The molecule has 1 aromatic carbocycles. The molecule has 4 rings (SSSR count). The van der Waals surface area contributed by atoms with Gasteiger partial charge in [0.05, 0.1) is 17.7 Å². The molecule has 2 atom stereocenters. The molecule has 3 heterocycles. The number of fused-ring (bicyclic) bond motifs is 1. The normalized spacial score (nSPS) is 25.2. The molecule has 0 spiro atoms. The number of oxazole rings is 1. The highest BCUT2D eigenvalue weighted by Crippen LogP contribution is 2.23. The Morgan fingerprint density at radius 2 is 1.78 bits per heavy atom. The molecule has 0 radical (unpaired) electrons. The van der Waals surface area contributed by atoms with Gasteiger partial charge in [0.15, 0.2) is 5.58 Å². The summed E-state index contributed by atoms with van der Waals surface area (Å²) < 4.78 is 12.4. The number of hydrogen-bond acceptors (Lipinski definition) is 5. The average Bonchev–Trinajstić information content (AvgIpc) is 2.94. The smallest absolute Gasteiger partial charge is 0.408 e. The maximum absolute atomic E-state index is 12.9. The van der Waals surface area contributed by atoms with Gasteiger partial charge in [0.1, 0.15) is 0 Å². The van der Waals surface area contributed by atoms with Gasteiger partial charge < -0.3 is 14.1 Å². The fourth-order valence-electron chi connectivity index (χ4n) is 4.39. The molecule has 0 N–H and O–H groups in total. The van der Waals surface area contributed by atoms with Crippen molar-refractivity contribution in [3.63, 3.8) is 0 Å². The highest BCUT2D eigenvalue weighted by molar-refractivity contribution is 5.97. The Hall–Kier alpha value is -2.12. The first-order chi connectivity index (χ1) is 12.9. The monoisotopic (exact) mass is 373 g/mol. The van der Waals surface area contributed by atoms with Gasteiger partial charge in [-0.25, -0.2) is 4.79 Å². The highest BCUT2D eigenvalue weighted by atomic mass is 16.5. The minimum Gasteiger partial charge on any atom is -0.408 e. The lowest BCUT2D eigenvalue weighted by molar-refractivity contribution is -0.0856.